The van der Waals surface area contributed by atoms with E-state index in [1.54, 1.807) is 4.90 Å². The van der Waals surface area contributed by atoms with Gasteiger partial charge in [0, 0.05) is 24.9 Å². The van der Waals surface area contributed by atoms with Crippen LogP contribution >= 0.6 is 0 Å². The van der Waals surface area contributed by atoms with Crippen molar-refractivity contribution in [1.82, 2.24) is 10.2 Å². The molecule has 1 unspecified atom stereocenters. The summed E-state index contributed by atoms with van der Waals surface area (Å²) < 4.78 is 5.62. The number of carboxylic acids is 1. The van der Waals surface area contributed by atoms with Gasteiger partial charge in [0.2, 0.25) is 5.91 Å². The Morgan fingerprint density at radius 1 is 1.06 bits per heavy atom. The first kappa shape index (κ1) is 23.4. The minimum atomic E-state index is -1.06. The average molecular weight is 477 g/mol. The van der Waals surface area contributed by atoms with Crippen molar-refractivity contribution in [3.63, 3.8) is 0 Å². The van der Waals surface area contributed by atoms with Gasteiger partial charge in [-0.15, -0.1) is 0 Å². The van der Waals surface area contributed by atoms with Crippen LogP contribution in [-0.2, 0) is 14.3 Å². The predicted octanol–water partition coefficient (Wildman–Crippen LogP) is 4.55. The molecule has 0 radical (unpaired) electrons. The summed E-state index contributed by atoms with van der Waals surface area (Å²) in [5.41, 5.74) is 3.68. The Balaban J connectivity index is 1.10. The van der Waals surface area contributed by atoms with Gasteiger partial charge in [0.1, 0.15) is 12.1 Å². The van der Waals surface area contributed by atoms with Gasteiger partial charge in [-0.1, -0.05) is 55.5 Å². The summed E-state index contributed by atoms with van der Waals surface area (Å²) in [6, 6.07) is 16.4. The van der Waals surface area contributed by atoms with Crippen LogP contribution in [0.5, 0.6) is 0 Å². The van der Waals surface area contributed by atoms with Crippen LogP contribution in [0.15, 0.2) is 48.5 Å². The van der Waals surface area contributed by atoms with Gasteiger partial charge >= 0.3 is 12.1 Å². The molecule has 2 aromatic rings. The van der Waals surface area contributed by atoms with Crippen LogP contribution in [0.25, 0.3) is 11.1 Å². The van der Waals surface area contributed by atoms with E-state index >= 15 is 0 Å². The molecule has 0 bridgehead atoms. The minimum absolute atomic E-state index is 0.0163. The maximum atomic E-state index is 12.9. The van der Waals surface area contributed by atoms with Crippen LogP contribution in [0.1, 0.15) is 62.5 Å². The van der Waals surface area contributed by atoms with Gasteiger partial charge < -0.3 is 20.1 Å². The van der Waals surface area contributed by atoms with Crippen molar-refractivity contribution in [2.24, 2.45) is 5.92 Å². The Labute approximate surface area is 205 Å². The summed E-state index contributed by atoms with van der Waals surface area (Å²) in [6.45, 7) is 2.61. The molecule has 5 rings (SSSR count). The number of carbonyl (C=O) groups excluding carboxylic acids is 2. The third-order valence-electron chi connectivity index (χ3n) is 8.14. The van der Waals surface area contributed by atoms with Crippen molar-refractivity contribution in [3.05, 3.63) is 59.7 Å². The van der Waals surface area contributed by atoms with Gasteiger partial charge in [-0.2, -0.15) is 0 Å². The fourth-order valence-electron chi connectivity index (χ4n) is 6.17. The van der Waals surface area contributed by atoms with Crippen LogP contribution in [-0.4, -0.2) is 52.7 Å². The van der Waals surface area contributed by atoms with Crippen molar-refractivity contribution in [3.8, 4) is 11.1 Å². The predicted molar refractivity (Wildman–Crippen MR) is 131 cm³/mol. The Kier molecular flexibility index (Phi) is 6.26. The van der Waals surface area contributed by atoms with E-state index in [0.29, 0.717) is 38.6 Å². The number of amides is 2. The molecule has 2 amide bonds. The number of aliphatic carboxylic acids is 1. The van der Waals surface area contributed by atoms with Crippen LogP contribution in [0.4, 0.5) is 4.79 Å². The molecule has 0 spiro atoms. The maximum Gasteiger partial charge on any atom is 0.407 e. The zero-order valence-corrected chi connectivity index (χ0v) is 20.0. The molecule has 2 N–H and O–H groups in total. The lowest BCUT2D eigenvalue weighted by molar-refractivity contribution is -0.157. The molecule has 2 fully saturated rings. The number of fused-ring (bicyclic) bond motifs is 3. The number of carbonyl (C=O) groups is 3. The van der Waals surface area contributed by atoms with Crippen LogP contribution in [0.2, 0.25) is 0 Å². The van der Waals surface area contributed by atoms with Gasteiger partial charge in [0.15, 0.2) is 0 Å². The number of rotatable bonds is 7. The van der Waals surface area contributed by atoms with E-state index < -0.39 is 17.6 Å². The highest BCUT2D eigenvalue weighted by Crippen LogP contribution is 2.44. The number of hydrogen-bond donors (Lipinski definition) is 2. The molecule has 3 aliphatic rings. The Morgan fingerprint density at radius 3 is 2.29 bits per heavy atom. The standard InChI is InChI=1S/C28H32N2O5/c1-2-28(26(32)33)12-7-13-30(28)25(31)16-18-14-19(15-18)29-27(34)35-17-24-22-10-5-3-8-20(22)21-9-4-6-11-23(21)24/h3-6,8-11,18-19,24H,2,7,12-17H2,1H3,(H,29,34)(H,32,33). The number of hydrogen-bond acceptors (Lipinski definition) is 4. The molecule has 184 valence electrons. The smallest absolute Gasteiger partial charge is 0.407 e. The number of likely N-dealkylation sites (tertiary alicyclic amines) is 1. The third-order valence-corrected chi connectivity index (χ3v) is 8.14. The molecule has 1 aliphatic heterocycles. The fraction of sp³-hybridized carbons (Fsp3) is 0.464. The lowest BCUT2D eigenvalue weighted by atomic mass is 9.77. The van der Waals surface area contributed by atoms with Gasteiger partial charge in [-0.05, 0) is 60.3 Å². The van der Waals surface area contributed by atoms with Gasteiger partial charge in [-0.25, -0.2) is 9.59 Å². The van der Waals surface area contributed by atoms with Crippen LogP contribution in [0, 0.1) is 5.92 Å². The quantitative estimate of drug-likeness (QED) is 0.611. The highest BCUT2D eigenvalue weighted by atomic mass is 16.5. The van der Waals surface area contributed by atoms with Gasteiger partial charge in [0.25, 0.3) is 0 Å². The summed E-state index contributed by atoms with van der Waals surface area (Å²) in [4.78, 5) is 38.8. The zero-order chi connectivity index (χ0) is 24.6. The highest BCUT2D eigenvalue weighted by molar-refractivity contribution is 5.88. The second-order valence-corrected chi connectivity index (χ2v) is 10.0. The zero-order valence-electron chi connectivity index (χ0n) is 20.0. The first-order valence-corrected chi connectivity index (χ1v) is 12.6. The van der Waals surface area contributed by atoms with Crippen molar-refractivity contribution >= 4 is 18.0 Å². The van der Waals surface area contributed by atoms with Crippen molar-refractivity contribution in [2.45, 2.75) is 62.9 Å². The monoisotopic (exact) mass is 476 g/mol. The van der Waals surface area contributed by atoms with Crippen LogP contribution in [0.3, 0.4) is 0 Å². The SMILES string of the molecule is CCC1(C(=O)O)CCCN1C(=O)CC1CC(NC(=O)OCC2c3ccccc3-c3ccccc32)C1. The number of alkyl carbamates (subject to hydrolysis) is 1. The summed E-state index contributed by atoms with van der Waals surface area (Å²) in [6.07, 6.45) is 2.97. The number of nitrogens with zero attached hydrogens (tertiary/aromatic N) is 1. The average Bonchev–Trinajstić information content (AvgIpc) is 3.42. The maximum absolute atomic E-state index is 12.9. The topological polar surface area (TPSA) is 95.9 Å². The van der Waals surface area contributed by atoms with Crippen LogP contribution < -0.4 is 5.32 Å². The molecule has 1 heterocycles. The molecule has 0 aromatic heterocycles. The number of nitrogens with one attached hydrogen (secondary N) is 1. The lowest BCUT2D eigenvalue weighted by Gasteiger charge is -2.38. The molecule has 1 saturated heterocycles. The Hall–Kier alpha value is -3.35. The van der Waals surface area contributed by atoms with E-state index in [2.05, 4.69) is 29.6 Å². The first-order chi connectivity index (χ1) is 16.9. The van der Waals surface area contributed by atoms with Crippen molar-refractivity contribution in [2.75, 3.05) is 13.2 Å². The largest absolute Gasteiger partial charge is 0.479 e. The number of ether oxygens (including phenoxy) is 1. The molecule has 7 heteroatoms. The molecular formula is C28H32N2O5. The number of carboxylic acid groups (broad SMARTS) is 1. The van der Waals surface area contributed by atoms with Gasteiger partial charge in [0.05, 0.1) is 0 Å². The van der Waals surface area contributed by atoms with Crippen molar-refractivity contribution in [1.29, 1.82) is 0 Å². The molecular weight excluding hydrogens is 444 g/mol. The fourth-order valence-corrected chi connectivity index (χ4v) is 6.17. The molecule has 7 nitrogen and oxygen atoms in total. The Morgan fingerprint density at radius 2 is 1.69 bits per heavy atom. The van der Waals surface area contributed by atoms with E-state index in [0.717, 1.165) is 6.42 Å². The third kappa shape index (κ3) is 4.17. The minimum Gasteiger partial charge on any atom is -0.479 e. The molecule has 35 heavy (non-hydrogen) atoms. The van der Waals surface area contributed by atoms with E-state index in [1.807, 2.05) is 31.2 Å². The van der Waals surface area contributed by atoms with Crippen molar-refractivity contribution < 1.29 is 24.2 Å². The molecule has 2 aliphatic carbocycles. The summed E-state index contributed by atoms with van der Waals surface area (Å²) in [5.74, 6) is -0.815. The summed E-state index contributed by atoms with van der Waals surface area (Å²) >= 11 is 0. The van der Waals surface area contributed by atoms with E-state index in [9.17, 15) is 19.5 Å². The van der Waals surface area contributed by atoms with E-state index in [-0.39, 0.29) is 30.4 Å². The Bertz CT molecular complexity index is 1100. The summed E-state index contributed by atoms with van der Waals surface area (Å²) in [7, 11) is 0. The first-order valence-electron chi connectivity index (χ1n) is 12.6. The summed E-state index contributed by atoms with van der Waals surface area (Å²) in [5, 5.41) is 12.6. The molecule has 1 saturated carbocycles. The number of benzene rings is 2. The normalized spacial score (nSPS) is 24.9. The lowest BCUT2D eigenvalue weighted by Crippen LogP contribution is -2.54. The van der Waals surface area contributed by atoms with E-state index in [1.165, 1.54) is 22.3 Å². The second kappa shape index (κ2) is 9.36. The highest BCUT2D eigenvalue weighted by Gasteiger charge is 2.49. The molecule has 2 aromatic carbocycles. The molecule has 1 atom stereocenters. The van der Waals surface area contributed by atoms with Gasteiger partial charge in [-0.3, -0.25) is 4.79 Å². The second-order valence-electron chi connectivity index (χ2n) is 10.0. The van der Waals surface area contributed by atoms with E-state index in [4.69, 9.17) is 4.74 Å².